The Morgan fingerprint density at radius 1 is 1.75 bits per heavy atom. The maximum atomic E-state index is 8.54. The Kier molecular flexibility index (Phi) is 1.12. The summed E-state index contributed by atoms with van der Waals surface area (Å²) in [5.41, 5.74) is 0. The van der Waals surface area contributed by atoms with Gasteiger partial charge in [-0.1, -0.05) is 0 Å². The van der Waals surface area contributed by atoms with Crippen molar-refractivity contribution in [1.29, 1.82) is 0 Å². The summed E-state index contributed by atoms with van der Waals surface area (Å²) in [6.45, 7) is 0. The van der Waals surface area contributed by atoms with Gasteiger partial charge in [-0.2, -0.15) is 0 Å². The third-order valence-corrected chi connectivity index (χ3v) is 0.797. The fourth-order valence-corrected chi connectivity index (χ4v) is 0.415. The molecule has 0 unspecified atom stereocenters. The summed E-state index contributed by atoms with van der Waals surface area (Å²) in [7, 11) is 1.50. The molecule has 0 fully saturated rings. The minimum atomic E-state index is -0.123. The molecule has 1 heterocycles. The lowest BCUT2D eigenvalue weighted by Gasteiger charge is -1.85. The van der Waals surface area contributed by atoms with Crippen LogP contribution >= 0.6 is 0 Å². The van der Waals surface area contributed by atoms with E-state index in [4.69, 9.17) is 5.11 Å². The van der Waals surface area contributed by atoms with Gasteiger partial charge < -0.3 is 14.3 Å². The number of hydrogen-bond donors (Lipinski definition) is 1. The van der Waals surface area contributed by atoms with E-state index < -0.39 is 0 Å². The number of hydrogen-bond acceptors (Lipinski definition) is 3. The van der Waals surface area contributed by atoms with E-state index in [1.807, 2.05) is 0 Å². The molecular weight excluding hydrogens is 108 g/mol. The SMILES string of the molecule is COc1coc(O)c1. The number of furan rings is 1. The second-order valence-corrected chi connectivity index (χ2v) is 1.32. The summed E-state index contributed by atoms with van der Waals surface area (Å²) in [4.78, 5) is 0. The Bertz CT molecular complexity index is 168. The van der Waals surface area contributed by atoms with Crippen LogP contribution in [0.25, 0.3) is 0 Å². The van der Waals surface area contributed by atoms with Crippen molar-refractivity contribution in [3.05, 3.63) is 12.3 Å². The van der Waals surface area contributed by atoms with Gasteiger partial charge >= 0.3 is 0 Å². The van der Waals surface area contributed by atoms with Crippen molar-refractivity contribution < 1.29 is 14.3 Å². The first kappa shape index (κ1) is 5.03. The molecule has 0 saturated heterocycles. The van der Waals surface area contributed by atoms with E-state index in [-0.39, 0.29) is 5.95 Å². The van der Waals surface area contributed by atoms with Gasteiger partial charge in [-0.3, -0.25) is 0 Å². The molecule has 0 bridgehead atoms. The normalized spacial score (nSPS) is 9.12. The van der Waals surface area contributed by atoms with E-state index >= 15 is 0 Å². The molecule has 3 heteroatoms. The average molecular weight is 114 g/mol. The highest BCUT2D eigenvalue weighted by Crippen LogP contribution is 2.19. The highest BCUT2D eigenvalue weighted by molar-refractivity contribution is 5.21. The van der Waals surface area contributed by atoms with E-state index in [9.17, 15) is 0 Å². The quantitative estimate of drug-likeness (QED) is 0.592. The third kappa shape index (κ3) is 0.753. The Balaban J connectivity index is 2.84. The molecule has 0 atom stereocenters. The molecule has 0 aliphatic heterocycles. The van der Waals surface area contributed by atoms with Crippen molar-refractivity contribution in [2.24, 2.45) is 0 Å². The molecule has 0 radical (unpaired) electrons. The maximum absolute atomic E-state index is 8.54. The second kappa shape index (κ2) is 1.78. The zero-order chi connectivity index (χ0) is 5.98. The van der Waals surface area contributed by atoms with Gasteiger partial charge in [0, 0.05) is 0 Å². The number of aromatic hydroxyl groups is 1. The van der Waals surface area contributed by atoms with Gasteiger partial charge in [0.1, 0.15) is 6.26 Å². The topological polar surface area (TPSA) is 42.6 Å². The molecule has 8 heavy (non-hydrogen) atoms. The Hall–Kier alpha value is -1.12. The van der Waals surface area contributed by atoms with Gasteiger partial charge in [0.25, 0.3) is 5.95 Å². The minimum Gasteiger partial charge on any atom is -0.493 e. The zero-order valence-electron chi connectivity index (χ0n) is 4.42. The van der Waals surface area contributed by atoms with Crippen LogP contribution in [0.5, 0.6) is 11.7 Å². The van der Waals surface area contributed by atoms with E-state index in [0.717, 1.165) is 0 Å². The zero-order valence-corrected chi connectivity index (χ0v) is 4.42. The van der Waals surface area contributed by atoms with E-state index in [1.165, 1.54) is 19.4 Å². The lowest BCUT2D eigenvalue weighted by molar-refractivity contribution is 0.331. The van der Waals surface area contributed by atoms with Crippen molar-refractivity contribution >= 4 is 0 Å². The lowest BCUT2D eigenvalue weighted by Crippen LogP contribution is -1.74. The van der Waals surface area contributed by atoms with Crippen LogP contribution in [0, 0.1) is 0 Å². The van der Waals surface area contributed by atoms with E-state index in [0.29, 0.717) is 5.75 Å². The summed E-state index contributed by atoms with van der Waals surface area (Å²) >= 11 is 0. The molecule has 0 spiro atoms. The molecular formula is C5H6O3. The molecule has 1 rings (SSSR count). The fourth-order valence-electron chi connectivity index (χ4n) is 0.415. The lowest BCUT2D eigenvalue weighted by atomic mass is 10.6. The third-order valence-electron chi connectivity index (χ3n) is 0.797. The van der Waals surface area contributed by atoms with Crippen molar-refractivity contribution in [1.82, 2.24) is 0 Å². The second-order valence-electron chi connectivity index (χ2n) is 1.32. The first-order chi connectivity index (χ1) is 3.83. The van der Waals surface area contributed by atoms with Crippen LogP contribution in [0.3, 0.4) is 0 Å². The molecule has 0 aliphatic rings. The molecule has 0 amide bonds. The summed E-state index contributed by atoms with van der Waals surface area (Å²) < 4.78 is 9.17. The average Bonchev–Trinajstić information content (AvgIpc) is 2.14. The van der Waals surface area contributed by atoms with Gasteiger partial charge in [0.15, 0.2) is 5.75 Å². The first-order valence-electron chi connectivity index (χ1n) is 2.14. The summed E-state index contributed by atoms with van der Waals surface area (Å²) in [6, 6.07) is 1.39. The van der Waals surface area contributed by atoms with Gasteiger partial charge in [-0.05, 0) is 0 Å². The largest absolute Gasteiger partial charge is 0.493 e. The maximum Gasteiger partial charge on any atom is 0.285 e. The van der Waals surface area contributed by atoms with Gasteiger partial charge in [0.05, 0.1) is 13.2 Å². The van der Waals surface area contributed by atoms with Crippen molar-refractivity contribution in [3.8, 4) is 11.7 Å². The molecule has 1 N–H and O–H groups in total. The Morgan fingerprint density at radius 2 is 2.50 bits per heavy atom. The molecule has 0 aromatic carbocycles. The van der Waals surface area contributed by atoms with Crippen LogP contribution in [0.15, 0.2) is 16.7 Å². The van der Waals surface area contributed by atoms with Crippen LogP contribution in [0.1, 0.15) is 0 Å². The van der Waals surface area contributed by atoms with Crippen LogP contribution in [-0.4, -0.2) is 12.2 Å². The minimum absolute atomic E-state index is 0.123. The molecule has 1 aromatic rings. The monoisotopic (exact) mass is 114 g/mol. The van der Waals surface area contributed by atoms with Crippen molar-refractivity contribution in [2.75, 3.05) is 7.11 Å². The smallest absolute Gasteiger partial charge is 0.285 e. The number of methoxy groups -OCH3 is 1. The number of ether oxygens (including phenoxy) is 1. The summed E-state index contributed by atoms with van der Waals surface area (Å²) in [6.07, 6.45) is 1.33. The van der Waals surface area contributed by atoms with Crippen LogP contribution in [0.4, 0.5) is 0 Å². The predicted molar refractivity (Wildman–Crippen MR) is 26.9 cm³/mol. The molecule has 1 aromatic heterocycles. The van der Waals surface area contributed by atoms with E-state index in [2.05, 4.69) is 9.15 Å². The Labute approximate surface area is 46.5 Å². The standard InChI is InChI=1S/C5H6O3/c1-7-4-2-5(6)8-3-4/h2-3,6H,1H3. The number of rotatable bonds is 1. The Morgan fingerprint density at radius 3 is 2.75 bits per heavy atom. The molecule has 3 nitrogen and oxygen atoms in total. The van der Waals surface area contributed by atoms with Crippen LogP contribution < -0.4 is 4.74 Å². The van der Waals surface area contributed by atoms with Gasteiger partial charge in [-0.25, -0.2) is 0 Å². The molecule has 0 saturated carbocycles. The van der Waals surface area contributed by atoms with Crippen LogP contribution in [0.2, 0.25) is 0 Å². The summed E-state index contributed by atoms with van der Waals surface area (Å²) in [5.74, 6) is 0.407. The molecule has 0 aliphatic carbocycles. The summed E-state index contributed by atoms with van der Waals surface area (Å²) in [5, 5.41) is 8.54. The van der Waals surface area contributed by atoms with Crippen molar-refractivity contribution in [3.63, 3.8) is 0 Å². The highest BCUT2D eigenvalue weighted by atomic mass is 16.5. The van der Waals surface area contributed by atoms with Gasteiger partial charge in [0.2, 0.25) is 0 Å². The van der Waals surface area contributed by atoms with E-state index in [1.54, 1.807) is 0 Å². The molecule has 44 valence electrons. The van der Waals surface area contributed by atoms with Gasteiger partial charge in [-0.15, -0.1) is 0 Å². The highest BCUT2D eigenvalue weighted by Gasteiger charge is 1.95. The predicted octanol–water partition coefficient (Wildman–Crippen LogP) is 0.994. The first-order valence-corrected chi connectivity index (χ1v) is 2.14. The van der Waals surface area contributed by atoms with Crippen LogP contribution in [-0.2, 0) is 0 Å². The fraction of sp³-hybridized carbons (Fsp3) is 0.200. The van der Waals surface area contributed by atoms with Crippen molar-refractivity contribution in [2.45, 2.75) is 0 Å².